The van der Waals surface area contributed by atoms with Crippen molar-refractivity contribution in [2.75, 3.05) is 20.6 Å². The quantitative estimate of drug-likeness (QED) is 0.591. The topological polar surface area (TPSA) is 75.5 Å². The van der Waals surface area contributed by atoms with Gasteiger partial charge in [-0.3, -0.25) is 14.9 Å². The number of carbonyl (C=O) groups excluding carboxylic acids is 1. The Balaban J connectivity index is 1.97. The van der Waals surface area contributed by atoms with E-state index in [0.717, 1.165) is 18.5 Å². The van der Waals surface area contributed by atoms with Crippen LogP contribution in [0.3, 0.4) is 0 Å². The number of nitrogens with zero attached hydrogens (tertiary/aromatic N) is 2. The predicted molar refractivity (Wildman–Crippen MR) is 97.4 cm³/mol. The summed E-state index contributed by atoms with van der Waals surface area (Å²) in [6, 6.07) is 16.1. The first-order valence-corrected chi connectivity index (χ1v) is 8.15. The summed E-state index contributed by atoms with van der Waals surface area (Å²) in [4.78, 5) is 24.6. The van der Waals surface area contributed by atoms with Gasteiger partial charge in [0.05, 0.1) is 11.3 Å². The molecule has 1 atom stereocenters. The lowest BCUT2D eigenvalue weighted by molar-refractivity contribution is -0.384. The summed E-state index contributed by atoms with van der Waals surface area (Å²) >= 11 is 0. The maximum absolute atomic E-state index is 12.3. The standard InChI is InChI=1S/C19H23N3O3/c1-21(2)14-17(12-15-6-4-3-5-7-15)20-19(23)13-16-8-10-18(11-9-16)22(24)25/h3-11,17H,12-14H2,1-2H3,(H,20,23)/t17-/m1/s1. The lowest BCUT2D eigenvalue weighted by atomic mass is 10.0. The Kier molecular flexibility index (Phi) is 6.65. The van der Waals surface area contributed by atoms with Crippen LogP contribution < -0.4 is 5.32 Å². The number of likely N-dealkylation sites (N-methyl/N-ethyl adjacent to an activating group) is 1. The minimum absolute atomic E-state index is 0.00273. The lowest BCUT2D eigenvalue weighted by Gasteiger charge is -2.22. The van der Waals surface area contributed by atoms with Crippen LogP contribution >= 0.6 is 0 Å². The number of carbonyl (C=O) groups is 1. The Morgan fingerprint density at radius 3 is 2.28 bits per heavy atom. The minimum atomic E-state index is -0.448. The van der Waals surface area contributed by atoms with Crippen LogP contribution in [-0.2, 0) is 17.6 Å². The molecule has 0 fully saturated rings. The number of nitro groups is 1. The molecule has 2 aromatic carbocycles. The number of benzene rings is 2. The molecule has 0 aliphatic carbocycles. The molecule has 25 heavy (non-hydrogen) atoms. The Labute approximate surface area is 147 Å². The third-order valence-corrected chi connectivity index (χ3v) is 3.79. The molecule has 1 N–H and O–H groups in total. The van der Waals surface area contributed by atoms with Crippen LogP contribution in [0.25, 0.3) is 0 Å². The molecule has 0 unspecified atom stereocenters. The maximum Gasteiger partial charge on any atom is 0.269 e. The van der Waals surface area contributed by atoms with Gasteiger partial charge in [-0.2, -0.15) is 0 Å². The molecule has 0 aromatic heterocycles. The van der Waals surface area contributed by atoms with Crippen LogP contribution in [0.5, 0.6) is 0 Å². The van der Waals surface area contributed by atoms with Crippen LogP contribution in [0.1, 0.15) is 11.1 Å². The summed E-state index contributed by atoms with van der Waals surface area (Å²) in [7, 11) is 3.95. The highest BCUT2D eigenvalue weighted by Gasteiger charge is 2.15. The van der Waals surface area contributed by atoms with Crippen molar-refractivity contribution >= 4 is 11.6 Å². The summed E-state index contributed by atoms with van der Waals surface area (Å²) < 4.78 is 0. The van der Waals surface area contributed by atoms with Crippen molar-refractivity contribution in [3.05, 3.63) is 75.8 Å². The van der Waals surface area contributed by atoms with Crippen molar-refractivity contribution in [1.29, 1.82) is 0 Å². The van der Waals surface area contributed by atoms with Gasteiger partial charge in [-0.1, -0.05) is 42.5 Å². The normalized spacial score (nSPS) is 12.0. The SMILES string of the molecule is CN(C)C[C@@H](Cc1ccccc1)NC(=O)Cc1ccc([N+](=O)[O-])cc1. The molecule has 0 saturated carbocycles. The monoisotopic (exact) mass is 341 g/mol. The Hall–Kier alpha value is -2.73. The summed E-state index contributed by atoms with van der Waals surface area (Å²) in [5, 5.41) is 13.7. The molecule has 0 aliphatic rings. The average Bonchev–Trinajstić information content (AvgIpc) is 2.55. The molecule has 2 rings (SSSR count). The van der Waals surface area contributed by atoms with Gasteiger partial charge in [0.25, 0.3) is 5.69 Å². The molecule has 1 amide bonds. The minimum Gasteiger partial charge on any atom is -0.351 e. The summed E-state index contributed by atoms with van der Waals surface area (Å²) in [5.41, 5.74) is 1.95. The molecule has 0 aliphatic heterocycles. The van der Waals surface area contributed by atoms with Gasteiger partial charge in [0.1, 0.15) is 0 Å². The zero-order valence-corrected chi connectivity index (χ0v) is 14.5. The van der Waals surface area contributed by atoms with Crippen molar-refractivity contribution in [3.63, 3.8) is 0 Å². The van der Waals surface area contributed by atoms with Gasteiger partial charge >= 0.3 is 0 Å². The molecule has 2 aromatic rings. The second-order valence-electron chi connectivity index (χ2n) is 6.32. The molecule has 6 heteroatoms. The zero-order chi connectivity index (χ0) is 18.2. The summed E-state index contributed by atoms with van der Waals surface area (Å²) in [6.45, 7) is 0.737. The van der Waals surface area contributed by atoms with Gasteiger partial charge in [0.15, 0.2) is 0 Å². The fourth-order valence-corrected chi connectivity index (χ4v) is 2.70. The van der Waals surface area contributed by atoms with Gasteiger partial charge in [0.2, 0.25) is 5.91 Å². The molecule has 0 spiro atoms. The third kappa shape index (κ3) is 6.35. The molecule has 0 heterocycles. The van der Waals surface area contributed by atoms with Crippen molar-refractivity contribution in [2.24, 2.45) is 0 Å². The van der Waals surface area contributed by atoms with E-state index in [9.17, 15) is 14.9 Å². The predicted octanol–water partition coefficient (Wildman–Crippen LogP) is 2.43. The zero-order valence-electron chi connectivity index (χ0n) is 14.5. The Bertz CT molecular complexity index is 700. The van der Waals surface area contributed by atoms with Gasteiger partial charge in [-0.05, 0) is 31.6 Å². The number of hydrogen-bond acceptors (Lipinski definition) is 4. The van der Waals surface area contributed by atoms with Gasteiger partial charge < -0.3 is 10.2 Å². The highest BCUT2D eigenvalue weighted by atomic mass is 16.6. The van der Waals surface area contributed by atoms with Crippen molar-refractivity contribution < 1.29 is 9.72 Å². The third-order valence-electron chi connectivity index (χ3n) is 3.79. The summed E-state index contributed by atoms with van der Waals surface area (Å²) in [6.07, 6.45) is 0.960. The largest absolute Gasteiger partial charge is 0.351 e. The molecular weight excluding hydrogens is 318 g/mol. The summed E-state index contributed by atoms with van der Waals surface area (Å²) in [5.74, 6) is -0.0864. The van der Waals surface area contributed by atoms with Crippen LogP contribution in [-0.4, -0.2) is 42.4 Å². The van der Waals surface area contributed by atoms with Gasteiger partial charge in [-0.25, -0.2) is 0 Å². The highest BCUT2D eigenvalue weighted by molar-refractivity contribution is 5.79. The molecule has 0 radical (unpaired) electrons. The van der Waals surface area contributed by atoms with E-state index >= 15 is 0 Å². The van der Waals surface area contributed by atoms with E-state index in [1.54, 1.807) is 12.1 Å². The number of hydrogen-bond donors (Lipinski definition) is 1. The molecule has 0 bridgehead atoms. The molecule has 132 valence electrons. The van der Waals surface area contributed by atoms with E-state index in [-0.39, 0.29) is 24.1 Å². The fourth-order valence-electron chi connectivity index (χ4n) is 2.70. The molecule has 6 nitrogen and oxygen atoms in total. The second-order valence-corrected chi connectivity index (χ2v) is 6.32. The van der Waals surface area contributed by atoms with E-state index < -0.39 is 4.92 Å². The Morgan fingerprint density at radius 2 is 1.72 bits per heavy atom. The highest BCUT2D eigenvalue weighted by Crippen LogP contribution is 2.12. The first kappa shape index (κ1) is 18.6. The number of non-ortho nitro benzene ring substituents is 1. The average molecular weight is 341 g/mol. The second kappa shape index (κ2) is 8.94. The maximum atomic E-state index is 12.3. The lowest BCUT2D eigenvalue weighted by Crippen LogP contribution is -2.43. The Morgan fingerprint density at radius 1 is 1.08 bits per heavy atom. The van der Waals surface area contributed by atoms with E-state index in [0.29, 0.717) is 0 Å². The van der Waals surface area contributed by atoms with E-state index in [4.69, 9.17) is 0 Å². The molecule has 0 saturated heterocycles. The number of nitrogens with one attached hydrogen (secondary N) is 1. The van der Waals surface area contributed by atoms with Crippen molar-refractivity contribution in [1.82, 2.24) is 10.2 Å². The van der Waals surface area contributed by atoms with Gasteiger partial charge in [0, 0.05) is 24.7 Å². The first-order chi connectivity index (χ1) is 11.9. The molecular formula is C19H23N3O3. The smallest absolute Gasteiger partial charge is 0.269 e. The van der Waals surface area contributed by atoms with Crippen LogP contribution in [0.2, 0.25) is 0 Å². The van der Waals surface area contributed by atoms with Crippen LogP contribution in [0.15, 0.2) is 54.6 Å². The van der Waals surface area contributed by atoms with Crippen molar-refractivity contribution in [3.8, 4) is 0 Å². The van der Waals surface area contributed by atoms with Crippen LogP contribution in [0, 0.1) is 10.1 Å². The number of rotatable bonds is 8. The van der Waals surface area contributed by atoms with E-state index in [1.165, 1.54) is 17.7 Å². The van der Waals surface area contributed by atoms with Crippen LogP contribution in [0.4, 0.5) is 5.69 Å². The van der Waals surface area contributed by atoms with E-state index in [1.807, 2.05) is 49.3 Å². The van der Waals surface area contributed by atoms with Gasteiger partial charge in [-0.15, -0.1) is 0 Å². The number of amides is 1. The first-order valence-electron chi connectivity index (χ1n) is 8.15. The fraction of sp³-hybridized carbons (Fsp3) is 0.316. The number of nitro benzene ring substituents is 1. The van der Waals surface area contributed by atoms with Crippen molar-refractivity contribution in [2.45, 2.75) is 18.9 Å². The van der Waals surface area contributed by atoms with E-state index in [2.05, 4.69) is 5.32 Å².